The number of nitrogens with zero attached hydrogens (tertiary/aromatic N) is 4. The van der Waals surface area contributed by atoms with E-state index in [1.54, 1.807) is 0 Å². The molecule has 0 bridgehead atoms. The van der Waals surface area contributed by atoms with E-state index in [1.165, 1.54) is 7.11 Å². The topological polar surface area (TPSA) is 91.4 Å². The molecule has 4 rings (SSSR count). The monoisotopic (exact) mass is 383 g/mol. The van der Waals surface area contributed by atoms with E-state index in [-0.39, 0.29) is 29.8 Å². The van der Waals surface area contributed by atoms with Crippen molar-refractivity contribution in [1.82, 2.24) is 25.0 Å². The van der Waals surface area contributed by atoms with Gasteiger partial charge in [0.25, 0.3) is 5.91 Å². The van der Waals surface area contributed by atoms with Gasteiger partial charge >= 0.3 is 0 Å². The number of methoxy groups -OCH3 is 1. The number of hydrogen-bond acceptors (Lipinski definition) is 5. The van der Waals surface area contributed by atoms with Crippen LogP contribution in [0.5, 0.6) is 0 Å². The minimum atomic E-state index is -0.334. The van der Waals surface area contributed by atoms with E-state index < -0.39 is 0 Å². The van der Waals surface area contributed by atoms with E-state index >= 15 is 0 Å². The van der Waals surface area contributed by atoms with Crippen molar-refractivity contribution in [3.05, 3.63) is 47.5 Å². The zero-order valence-corrected chi connectivity index (χ0v) is 16.2. The normalized spacial score (nSPS) is 24.3. The molecule has 28 heavy (non-hydrogen) atoms. The minimum Gasteiger partial charge on any atom is -0.375 e. The van der Waals surface area contributed by atoms with Crippen molar-refractivity contribution in [3.8, 4) is 0 Å². The number of amides is 2. The first kappa shape index (κ1) is 18.6. The Kier molecular flexibility index (Phi) is 4.89. The van der Waals surface area contributed by atoms with Crippen LogP contribution in [0.1, 0.15) is 28.4 Å². The number of ether oxygens (including phenoxy) is 1. The number of nitrogens with one attached hydrogen (secondary N) is 1. The van der Waals surface area contributed by atoms with Crippen LogP contribution in [0.15, 0.2) is 30.3 Å². The summed E-state index contributed by atoms with van der Waals surface area (Å²) in [4.78, 5) is 33.7. The van der Waals surface area contributed by atoms with Gasteiger partial charge in [0.2, 0.25) is 5.91 Å². The van der Waals surface area contributed by atoms with Gasteiger partial charge in [-0.25, -0.2) is 4.98 Å². The maximum Gasteiger partial charge on any atom is 0.253 e. The average Bonchev–Trinajstić information content (AvgIpc) is 3.32. The molecule has 8 heteroatoms. The number of aromatic amines is 1. The number of aromatic nitrogens is 3. The van der Waals surface area contributed by atoms with Crippen LogP contribution in [0.25, 0.3) is 0 Å². The maximum absolute atomic E-state index is 13.1. The van der Waals surface area contributed by atoms with Gasteiger partial charge in [0, 0.05) is 44.8 Å². The highest BCUT2D eigenvalue weighted by Crippen LogP contribution is 2.44. The molecule has 1 aromatic carbocycles. The number of aryl methyl sites for hydroxylation is 1. The van der Waals surface area contributed by atoms with Crippen LogP contribution in [0, 0.1) is 12.8 Å². The van der Waals surface area contributed by atoms with Crippen LogP contribution in [0.2, 0.25) is 0 Å². The zero-order valence-electron chi connectivity index (χ0n) is 16.2. The third kappa shape index (κ3) is 3.17. The second kappa shape index (κ2) is 7.35. The van der Waals surface area contributed by atoms with Gasteiger partial charge < -0.3 is 14.5 Å². The summed E-state index contributed by atoms with van der Waals surface area (Å²) in [6.45, 7) is 4.29. The van der Waals surface area contributed by atoms with Crippen molar-refractivity contribution < 1.29 is 14.3 Å². The van der Waals surface area contributed by atoms with Crippen molar-refractivity contribution in [2.24, 2.45) is 5.92 Å². The lowest BCUT2D eigenvalue weighted by atomic mass is 9.72. The van der Waals surface area contributed by atoms with E-state index in [1.807, 2.05) is 47.1 Å². The molecule has 1 N–H and O–H groups in total. The van der Waals surface area contributed by atoms with Gasteiger partial charge in [-0.1, -0.05) is 18.2 Å². The van der Waals surface area contributed by atoms with Gasteiger partial charge in [0.1, 0.15) is 12.4 Å². The van der Waals surface area contributed by atoms with E-state index in [9.17, 15) is 9.59 Å². The molecule has 2 saturated heterocycles. The fourth-order valence-corrected chi connectivity index (χ4v) is 4.47. The molecule has 2 aliphatic rings. The van der Waals surface area contributed by atoms with Crippen molar-refractivity contribution in [1.29, 1.82) is 0 Å². The molecule has 2 aliphatic heterocycles. The number of H-pyrrole nitrogens is 1. The largest absolute Gasteiger partial charge is 0.375 e. The summed E-state index contributed by atoms with van der Waals surface area (Å²) in [7, 11) is 1.53. The maximum atomic E-state index is 13.1. The lowest BCUT2D eigenvalue weighted by molar-refractivity contribution is -0.137. The first-order valence-corrected chi connectivity index (χ1v) is 9.54. The summed E-state index contributed by atoms with van der Waals surface area (Å²) in [6.07, 6.45) is 0.725. The summed E-state index contributed by atoms with van der Waals surface area (Å²) in [6, 6.07) is 9.31. The van der Waals surface area contributed by atoms with Crippen molar-refractivity contribution >= 4 is 11.8 Å². The first-order valence-electron chi connectivity index (χ1n) is 9.54. The lowest BCUT2D eigenvalue weighted by Crippen LogP contribution is -2.52. The molecule has 3 heterocycles. The fraction of sp³-hybridized carbons (Fsp3) is 0.500. The quantitative estimate of drug-likeness (QED) is 0.851. The molecule has 0 unspecified atom stereocenters. The molecule has 2 aromatic rings. The molecule has 8 nitrogen and oxygen atoms in total. The molecule has 0 saturated carbocycles. The van der Waals surface area contributed by atoms with E-state index in [2.05, 4.69) is 15.2 Å². The van der Waals surface area contributed by atoms with Gasteiger partial charge in [-0.3, -0.25) is 14.7 Å². The molecule has 0 radical (unpaired) electrons. The van der Waals surface area contributed by atoms with Gasteiger partial charge in [-0.2, -0.15) is 5.10 Å². The summed E-state index contributed by atoms with van der Waals surface area (Å²) in [5.74, 6) is 1.59. The Morgan fingerprint density at radius 2 is 2.00 bits per heavy atom. The standard InChI is InChI=1S/C20H25N5O3/c1-14-21-19(23-22-14)20-8-9-24(17(26)12-28-2)10-16(20)11-25(13-20)18(27)15-6-4-3-5-7-15/h3-7,16H,8-13H2,1-2H3,(H,21,22,23)/t16-,20-/m1/s1. The average molecular weight is 383 g/mol. The van der Waals surface area contributed by atoms with Crippen LogP contribution in [0.3, 0.4) is 0 Å². The molecule has 2 fully saturated rings. The number of fused-ring (bicyclic) bond motifs is 1. The Morgan fingerprint density at radius 3 is 2.68 bits per heavy atom. The smallest absolute Gasteiger partial charge is 0.253 e. The molecule has 0 spiro atoms. The summed E-state index contributed by atoms with van der Waals surface area (Å²) in [5, 5.41) is 7.38. The third-order valence-corrected chi connectivity index (χ3v) is 5.93. The van der Waals surface area contributed by atoms with Crippen LogP contribution < -0.4 is 0 Å². The third-order valence-electron chi connectivity index (χ3n) is 5.93. The molecule has 148 valence electrons. The Labute approximate surface area is 163 Å². The molecular formula is C20H25N5O3. The fourth-order valence-electron chi connectivity index (χ4n) is 4.47. The van der Waals surface area contributed by atoms with Crippen LogP contribution in [-0.4, -0.2) is 76.7 Å². The van der Waals surface area contributed by atoms with Gasteiger partial charge in [0.15, 0.2) is 5.82 Å². The highest BCUT2D eigenvalue weighted by atomic mass is 16.5. The number of piperidine rings is 1. The van der Waals surface area contributed by atoms with E-state index in [0.29, 0.717) is 31.7 Å². The van der Waals surface area contributed by atoms with Crippen molar-refractivity contribution in [2.75, 3.05) is 39.9 Å². The molecule has 2 atom stereocenters. The second-order valence-electron chi connectivity index (χ2n) is 7.67. The minimum absolute atomic E-state index is 0.0106. The van der Waals surface area contributed by atoms with Gasteiger partial charge in [0.05, 0.1) is 5.41 Å². The number of rotatable bonds is 4. The highest BCUT2D eigenvalue weighted by molar-refractivity contribution is 5.94. The molecule has 1 aromatic heterocycles. The zero-order chi connectivity index (χ0) is 19.7. The molecular weight excluding hydrogens is 358 g/mol. The number of benzene rings is 1. The number of hydrogen-bond donors (Lipinski definition) is 1. The Hall–Kier alpha value is -2.74. The van der Waals surface area contributed by atoms with Crippen molar-refractivity contribution in [3.63, 3.8) is 0 Å². The van der Waals surface area contributed by atoms with E-state index in [0.717, 1.165) is 18.1 Å². The SMILES string of the molecule is COCC(=O)N1CC[C@@]2(c3n[nH]c(C)n3)CN(C(=O)c3ccccc3)C[C@H]2C1. The summed E-state index contributed by atoms with van der Waals surface area (Å²) >= 11 is 0. The Bertz CT molecular complexity index is 868. The second-order valence-corrected chi connectivity index (χ2v) is 7.67. The van der Waals surface area contributed by atoms with Crippen molar-refractivity contribution in [2.45, 2.75) is 18.8 Å². The van der Waals surface area contributed by atoms with E-state index in [4.69, 9.17) is 4.74 Å². The van der Waals surface area contributed by atoms with Gasteiger partial charge in [-0.15, -0.1) is 0 Å². The van der Waals surface area contributed by atoms with Crippen LogP contribution in [-0.2, 0) is 14.9 Å². The predicted molar refractivity (Wildman–Crippen MR) is 102 cm³/mol. The molecule has 0 aliphatic carbocycles. The lowest BCUT2D eigenvalue weighted by Gasteiger charge is -2.41. The number of likely N-dealkylation sites (tertiary alicyclic amines) is 2. The predicted octanol–water partition coefficient (Wildman–Crippen LogP) is 1.00. The van der Waals surface area contributed by atoms with Crippen LogP contribution in [0.4, 0.5) is 0 Å². The highest BCUT2D eigenvalue weighted by Gasteiger charge is 2.54. The summed E-state index contributed by atoms with van der Waals surface area (Å²) < 4.78 is 5.01. The van der Waals surface area contributed by atoms with Crippen LogP contribution >= 0.6 is 0 Å². The molecule has 2 amide bonds. The first-order chi connectivity index (χ1) is 13.5. The number of carbonyl (C=O) groups excluding carboxylic acids is 2. The summed E-state index contributed by atoms with van der Waals surface area (Å²) in [5.41, 5.74) is 0.341. The number of carbonyl (C=O) groups is 2. The van der Waals surface area contributed by atoms with Gasteiger partial charge in [-0.05, 0) is 25.5 Å². The Balaban J connectivity index is 1.62. The Morgan fingerprint density at radius 1 is 1.25 bits per heavy atom.